The molecule has 0 unspecified atom stereocenters. The highest BCUT2D eigenvalue weighted by Crippen LogP contribution is 2.28. The van der Waals surface area contributed by atoms with E-state index >= 15 is 0 Å². The van der Waals surface area contributed by atoms with Crippen molar-refractivity contribution in [2.75, 3.05) is 23.7 Å². The molecule has 0 radical (unpaired) electrons. The number of sulfonamides is 1. The van der Waals surface area contributed by atoms with E-state index in [4.69, 9.17) is 34.8 Å². The Kier molecular flexibility index (Phi) is 10.7. The van der Waals surface area contributed by atoms with Crippen molar-refractivity contribution in [3.8, 4) is 0 Å². The Morgan fingerprint density at radius 2 is 1.71 bits per heavy atom. The highest BCUT2D eigenvalue weighted by Gasteiger charge is 2.28. The van der Waals surface area contributed by atoms with Crippen LogP contribution in [0.25, 0.3) is 0 Å². The quantitative estimate of drug-likeness (QED) is 0.415. The third kappa shape index (κ3) is 8.00. The van der Waals surface area contributed by atoms with Crippen LogP contribution in [0.4, 0.5) is 5.69 Å². The summed E-state index contributed by atoms with van der Waals surface area (Å²) in [5, 5.41) is 3.91. The summed E-state index contributed by atoms with van der Waals surface area (Å²) in [6.45, 7) is 5.74. The molecule has 11 heteroatoms. The lowest BCUT2D eigenvalue weighted by Gasteiger charge is -2.30. The number of hydrogen-bond acceptors (Lipinski definition) is 4. The molecule has 2 rings (SSSR count). The highest BCUT2D eigenvalue weighted by molar-refractivity contribution is 7.92. The molecule has 0 fully saturated rings. The van der Waals surface area contributed by atoms with E-state index in [1.807, 2.05) is 0 Å². The molecule has 0 heterocycles. The van der Waals surface area contributed by atoms with Gasteiger partial charge in [0.2, 0.25) is 21.8 Å². The van der Waals surface area contributed by atoms with Crippen molar-refractivity contribution < 1.29 is 18.0 Å². The number of anilines is 1. The standard InChI is InChI=1S/C24H30Cl3N3O4S/c1-5-28-24(32)17(3)29(15-19-20(26)8-6-9-21(19)27)23(31)10-7-13-30(35(4,33)34)22-14-18(25)12-11-16(22)2/h6,8-9,11-12,14,17H,5,7,10,13,15H2,1-4H3,(H,28,32)/t17-/m1/s1. The van der Waals surface area contributed by atoms with E-state index in [0.29, 0.717) is 32.9 Å². The first-order valence-electron chi connectivity index (χ1n) is 11.1. The molecular weight excluding hydrogens is 533 g/mol. The van der Waals surface area contributed by atoms with Crippen molar-refractivity contribution in [1.29, 1.82) is 0 Å². The number of benzene rings is 2. The predicted octanol–water partition coefficient (Wildman–Crippen LogP) is 5.05. The molecule has 0 aromatic heterocycles. The number of nitrogens with zero attached hydrogens (tertiary/aromatic N) is 2. The van der Waals surface area contributed by atoms with Crippen molar-refractivity contribution in [3.63, 3.8) is 0 Å². The maximum atomic E-state index is 13.3. The maximum absolute atomic E-state index is 13.3. The molecule has 192 valence electrons. The summed E-state index contributed by atoms with van der Waals surface area (Å²) in [6.07, 6.45) is 1.35. The average Bonchev–Trinajstić information content (AvgIpc) is 2.77. The van der Waals surface area contributed by atoms with Gasteiger partial charge in [-0.2, -0.15) is 0 Å². The number of hydrogen-bond donors (Lipinski definition) is 1. The average molecular weight is 563 g/mol. The largest absolute Gasteiger partial charge is 0.355 e. The van der Waals surface area contributed by atoms with Crippen LogP contribution in [0.1, 0.15) is 37.8 Å². The van der Waals surface area contributed by atoms with Crippen LogP contribution < -0.4 is 9.62 Å². The van der Waals surface area contributed by atoms with Crippen LogP contribution in [-0.2, 0) is 26.2 Å². The van der Waals surface area contributed by atoms with Crippen molar-refractivity contribution in [2.45, 2.75) is 46.2 Å². The first kappa shape index (κ1) is 29.2. The summed E-state index contributed by atoms with van der Waals surface area (Å²) in [7, 11) is -3.62. The summed E-state index contributed by atoms with van der Waals surface area (Å²) in [5.41, 5.74) is 1.74. The molecule has 35 heavy (non-hydrogen) atoms. The van der Waals surface area contributed by atoms with E-state index < -0.39 is 16.1 Å². The van der Waals surface area contributed by atoms with Gasteiger partial charge in [0.05, 0.1) is 11.9 Å². The van der Waals surface area contributed by atoms with Crippen LogP contribution >= 0.6 is 34.8 Å². The second kappa shape index (κ2) is 12.8. The third-order valence-electron chi connectivity index (χ3n) is 5.50. The molecule has 0 spiro atoms. The Morgan fingerprint density at radius 3 is 2.29 bits per heavy atom. The molecule has 0 aliphatic rings. The Bertz CT molecular complexity index is 1150. The van der Waals surface area contributed by atoms with E-state index in [9.17, 15) is 18.0 Å². The number of aryl methyl sites for hydroxylation is 1. The molecule has 0 saturated carbocycles. The molecule has 0 aliphatic carbocycles. The van der Waals surface area contributed by atoms with Gasteiger partial charge < -0.3 is 10.2 Å². The van der Waals surface area contributed by atoms with Gasteiger partial charge in [-0.05, 0) is 57.0 Å². The zero-order valence-electron chi connectivity index (χ0n) is 20.1. The fraction of sp³-hybridized carbons (Fsp3) is 0.417. The Hall–Kier alpha value is -2.00. The molecule has 7 nitrogen and oxygen atoms in total. The van der Waals surface area contributed by atoms with E-state index in [1.165, 1.54) is 9.21 Å². The molecule has 0 bridgehead atoms. The summed E-state index contributed by atoms with van der Waals surface area (Å²) < 4.78 is 26.2. The maximum Gasteiger partial charge on any atom is 0.242 e. The zero-order valence-corrected chi connectivity index (χ0v) is 23.2. The summed E-state index contributed by atoms with van der Waals surface area (Å²) >= 11 is 18.7. The smallest absolute Gasteiger partial charge is 0.242 e. The van der Waals surface area contributed by atoms with E-state index in [0.717, 1.165) is 11.8 Å². The number of carbonyl (C=O) groups excluding carboxylic acids is 2. The van der Waals surface area contributed by atoms with Crippen LogP contribution in [0.5, 0.6) is 0 Å². The van der Waals surface area contributed by atoms with Crippen LogP contribution in [-0.4, -0.2) is 50.5 Å². The van der Waals surface area contributed by atoms with Gasteiger partial charge in [0.15, 0.2) is 0 Å². The fourth-order valence-corrected chi connectivity index (χ4v) is 5.29. The normalized spacial score (nSPS) is 12.2. The van der Waals surface area contributed by atoms with Crippen molar-refractivity contribution in [2.24, 2.45) is 0 Å². The Morgan fingerprint density at radius 1 is 1.09 bits per heavy atom. The minimum atomic E-state index is -3.62. The van der Waals surface area contributed by atoms with Gasteiger partial charge in [-0.3, -0.25) is 13.9 Å². The lowest BCUT2D eigenvalue weighted by Crippen LogP contribution is -2.47. The minimum Gasteiger partial charge on any atom is -0.355 e. The second-order valence-electron chi connectivity index (χ2n) is 8.16. The molecule has 2 aromatic carbocycles. The lowest BCUT2D eigenvalue weighted by atomic mass is 10.1. The van der Waals surface area contributed by atoms with Crippen molar-refractivity contribution in [1.82, 2.24) is 10.2 Å². The lowest BCUT2D eigenvalue weighted by molar-refractivity contribution is -0.140. The van der Waals surface area contributed by atoms with E-state index in [-0.39, 0.29) is 37.7 Å². The summed E-state index contributed by atoms with van der Waals surface area (Å²) in [6, 6.07) is 9.26. The van der Waals surface area contributed by atoms with Gasteiger partial charge >= 0.3 is 0 Å². The molecule has 2 aromatic rings. The van der Waals surface area contributed by atoms with Crippen LogP contribution in [0.3, 0.4) is 0 Å². The van der Waals surface area contributed by atoms with Crippen molar-refractivity contribution >= 4 is 62.3 Å². The fourth-order valence-electron chi connectivity index (χ4n) is 3.59. The van der Waals surface area contributed by atoms with Crippen LogP contribution in [0.2, 0.25) is 15.1 Å². The van der Waals surface area contributed by atoms with Crippen LogP contribution in [0.15, 0.2) is 36.4 Å². The van der Waals surface area contributed by atoms with Gasteiger partial charge in [0.25, 0.3) is 0 Å². The number of rotatable bonds is 11. The number of carbonyl (C=O) groups is 2. The monoisotopic (exact) mass is 561 g/mol. The number of likely N-dealkylation sites (N-methyl/N-ethyl adjacent to an activating group) is 1. The van der Waals surface area contributed by atoms with Gasteiger partial charge in [-0.15, -0.1) is 0 Å². The Labute approximate surface area is 222 Å². The van der Waals surface area contributed by atoms with Gasteiger partial charge in [-0.1, -0.05) is 46.9 Å². The summed E-state index contributed by atoms with van der Waals surface area (Å²) in [4.78, 5) is 27.2. The highest BCUT2D eigenvalue weighted by atomic mass is 35.5. The molecule has 2 amide bonds. The molecule has 0 saturated heterocycles. The van der Waals surface area contributed by atoms with Crippen LogP contribution in [0, 0.1) is 6.92 Å². The molecule has 1 N–H and O–H groups in total. The molecule has 0 aliphatic heterocycles. The molecule has 1 atom stereocenters. The van der Waals surface area contributed by atoms with E-state index in [1.54, 1.807) is 57.2 Å². The van der Waals surface area contributed by atoms with Gasteiger partial charge in [0.1, 0.15) is 6.04 Å². The minimum absolute atomic E-state index is 0.0114. The second-order valence-corrected chi connectivity index (χ2v) is 11.3. The Balaban J connectivity index is 2.24. The summed E-state index contributed by atoms with van der Waals surface area (Å²) in [5.74, 6) is -0.632. The number of nitrogens with one attached hydrogen (secondary N) is 1. The van der Waals surface area contributed by atoms with Gasteiger partial charge in [-0.25, -0.2) is 8.42 Å². The van der Waals surface area contributed by atoms with Gasteiger partial charge in [0, 0.05) is 46.7 Å². The number of amides is 2. The molecular formula is C24H30Cl3N3O4S. The first-order valence-corrected chi connectivity index (χ1v) is 14.1. The predicted molar refractivity (Wildman–Crippen MR) is 143 cm³/mol. The van der Waals surface area contributed by atoms with E-state index in [2.05, 4.69) is 5.32 Å². The van der Waals surface area contributed by atoms with Crippen molar-refractivity contribution in [3.05, 3.63) is 62.6 Å². The SMILES string of the molecule is CCNC(=O)[C@@H](C)N(Cc1c(Cl)cccc1Cl)C(=O)CCCN(c1cc(Cl)ccc1C)S(C)(=O)=O. The topological polar surface area (TPSA) is 86.8 Å². The zero-order chi connectivity index (χ0) is 26.3. The third-order valence-corrected chi connectivity index (χ3v) is 7.62. The number of halogens is 3. The first-order chi connectivity index (χ1) is 16.4.